The SMILES string of the molecule is Cc1ccc(S(=O)(=O)N2CCCCC2)cc1C(=O)OCc1ccccc1Cl. The topological polar surface area (TPSA) is 63.7 Å². The van der Waals surface area contributed by atoms with E-state index in [2.05, 4.69) is 0 Å². The van der Waals surface area contributed by atoms with Crippen molar-refractivity contribution in [1.29, 1.82) is 0 Å². The van der Waals surface area contributed by atoms with Gasteiger partial charge < -0.3 is 4.74 Å². The van der Waals surface area contributed by atoms with Crippen molar-refractivity contribution in [1.82, 2.24) is 4.31 Å². The Kier molecular flexibility index (Phi) is 6.19. The first-order chi connectivity index (χ1) is 12.9. The van der Waals surface area contributed by atoms with Gasteiger partial charge in [-0.05, 0) is 43.5 Å². The van der Waals surface area contributed by atoms with E-state index in [0.29, 0.717) is 29.2 Å². The van der Waals surface area contributed by atoms with Crippen LogP contribution in [0.25, 0.3) is 0 Å². The highest BCUT2D eigenvalue weighted by Crippen LogP contribution is 2.24. The highest BCUT2D eigenvalue weighted by molar-refractivity contribution is 7.89. The largest absolute Gasteiger partial charge is 0.457 e. The molecule has 7 heteroatoms. The number of nitrogens with zero attached hydrogens (tertiary/aromatic N) is 1. The summed E-state index contributed by atoms with van der Waals surface area (Å²) >= 11 is 6.08. The Morgan fingerprint density at radius 1 is 1.11 bits per heavy atom. The molecule has 1 fully saturated rings. The number of halogens is 1. The van der Waals surface area contributed by atoms with Gasteiger partial charge >= 0.3 is 5.97 Å². The fraction of sp³-hybridized carbons (Fsp3) is 0.350. The summed E-state index contributed by atoms with van der Waals surface area (Å²) in [4.78, 5) is 12.7. The van der Waals surface area contributed by atoms with Crippen molar-refractivity contribution < 1.29 is 17.9 Å². The van der Waals surface area contributed by atoms with Gasteiger partial charge in [0.25, 0.3) is 0 Å². The predicted octanol–water partition coefficient (Wildman–Crippen LogP) is 4.18. The Bertz CT molecular complexity index is 937. The molecule has 0 atom stereocenters. The van der Waals surface area contributed by atoms with Gasteiger partial charge in [-0.1, -0.05) is 42.3 Å². The monoisotopic (exact) mass is 407 g/mol. The Morgan fingerprint density at radius 3 is 2.52 bits per heavy atom. The minimum Gasteiger partial charge on any atom is -0.457 e. The van der Waals surface area contributed by atoms with Crippen LogP contribution >= 0.6 is 11.6 Å². The molecule has 0 unspecified atom stereocenters. The third kappa shape index (κ3) is 4.51. The van der Waals surface area contributed by atoms with Gasteiger partial charge in [-0.15, -0.1) is 0 Å². The lowest BCUT2D eigenvalue weighted by molar-refractivity contribution is 0.0471. The summed E-state index contributed by atoms with van der Waals surface area (Å²) in [5, 5.41) is 0.517. The number of ether oxygens (including phenoxy) is 1. The number of rotatable bonds is 5. The average Bonchev–Trinajstić information content (AvgIpc) is 2.68. The molecule has 0 aliphatic carbocycles. The van der Waals surface area contributed by atoms with E-state index in [1.807, 2.05) is 6.07 Å². The number of piperidine rings is 1. The number of hydrogen-bond donors (Lipinski definition) is 0. The van der Waals surface area contributed by atoms with Gasteiger partial charge in [0.15, 0.2) is 0 Å². The molecule has 0 amide bonds. The fourth-order valence-corrected chi connectivity index (χ4v) is 4.81. The number of carbonyl (C=O) groups excluding carboxylic acids is 1. The van der Waals surface area contributed by atoms with Crippen LogP contribution in [0.15, 0.2) is 47.4 Å². The summed E-state index contributed by atoms with van der Waals surface area (Å²) in [6.45, 7) is 2.81. The van der Waals surface area contributed by atoms with Gasteiger partial charge in [-0.25, -0.2) is 13.2 Å². The van der Waals surface area contributed by atoms with Gasteiger partial charge in [-0.3, -0.25) is 0 Å². The molecule has 27 heavy (non-hydrogen) atoms. The first kappa shape index (κ1) is 19.9. The van der Waals surface area contributed by atoms with E-state index >= 15 is 0 Å². The van der Waals surface area contributed by atoms with Crippen molar-refractivity contribution >= 4 is 27.6 Å². The second-order valence-electron chi connectivity index (χ2n) is 6.61. The molecule has 1 aliphatic heterocycles. The minimum absolute atomic E-state index is 0.0288. The zero-order valence-electron chi connectivity index (χ0n) is 15.2. The smallest absolute Gasteiger partial charge is 0.338 e. The van der Waals surface area contributed by atoms with Crippen molar-refractivity contribution in [3.8, 4) is 0 Å². The van der Waals surface area contributed by atoms with E-state index in [9.17, 15) is 13.2 Å². The number of hydrogen-bond acceptors (Lipinski definition) is 4. The van der Waals surface area contributed by atoms with Crippen LogP contribution in [0.3, 0.4) is 0 Å². The molecule has 144 valence electrons. The molecule has 0 radical (unpaired) electrons. The fourth-order valence-electron chi connectivity index (χ4n) is 3.07. The Labute approximate surface area is 165 Å². The van der Waals surface area contributed by atoms with E-state index in [1.165, 1.54) is 10.4 Å². The van der Waals surface area contributed by atoms with Crippen molar-refractivity contribution in [3.05, 3.63) is 64.2 Å². The maximum atomic E-state index is 12.9. The minimum atomic E-state index is -3.60. The van der Waals surface area contributed by atoms with Crippen molar-refractivity contribution in [2.75, 3.05) is 13.1 Å². The maximum Gasteiger partial charge on any atom is 0.338 e. The molecule has 0 N–H and O–H groups in total. The number of sulfonamides is 1. The Morgan fingerprint density at radius 2 is 1.81 bits per heavy atom. The van der Waals surface area contributed by atoms with Crippen LogP contribution in [0.1, 0.15) is 40.7 Å². The van der Waals surface area contributed by atoms with Gasteiger partial charge in [0.2, 0.25) is 10.0 Å². The van der Waals surface area contributed by atoms with Crippen molar-refractivity contribution in [2.24, 2.45) is 0 Å². The second-order valence-corrected chi connectivity index (χ2v) is 8.95. The van der Waals surface area contributed by atoms with Crippen LogP contribution in [0.4, 0.5) is 0 Å². The lowest BCUT2D eigenvalue weighted by Crippen LogP contribution is -2.35. The van der Waals surface area contributed by atoms with E-state index < -0.39 is 16.0 Å². The molecular formula is C20H22ClNO4S. The van der Waals surface area contributed by atoms with Gasteiger partial charge in [0.1, 0.15) is 6.61 Å². The van der Waals surface area contributed by atoms with Crippen LogP contribution < -0.4 is 0 Å². The van der Waals surface area contributed by atoms with Gasteiger partial charge in [0.05, 0.1) is 10.5 Å². The molecule has 2 aromatic carbocycles. The molecule has 0 spiro atoms. The summed E-state index contributed by atoms with van der Waals surface area (Å²) in [6.07, 6.45) is 2.76. The molecule has 3 rings (SSSR count). The summed E-state index contributed by atoms with van der Waals surface area (Å²) in [6, 6.07) is 11.7. The van der Waals surface area contributed by atoms with Crippen LogP contribution in [-0.2, 0) is 21.4 Å². The van der Waals surface area contributed by atoms with Crippen LogP contribution in [0.5, 0.6) is 0 Å². The lowest BCUT2D eigenvalue weighted by Gasteiger charge is -2.26. The molecule has 0 aromatic heterocycles. The highest BCUT2D eigenvalue weighted by Gasteiger charge is 2.27. The normalized spacial score (nSPS) is 15.5. The Hall–Kier alpha value is -1.89. The molecular weight excluding hydrogens is 386 g/mol. The van der Waals surface area contributed by atoms with Crippen molar-refractivity contribution in [2.45, 2.75) is 37.7 Å². The Balaban J connectivity index is 1.80. The van der Waals surface area contributed by atoms with Crippen molar-refractivity contribution in [3.63, 3.8) is 0 Å². The molecule has 1 aliphatic rings. The summed E-state index contributed by atoms with van der Waals surface area (Å²) in [7, 11) is -3.60. The molecule has 5 nitrogen and oxygen atoms in total. The van der Waals surface area contributed by atoms with E-state index in [4.69, 9.17) is 16.3 Å². The molecule has 0 bridgehead atoms. The third-order valence-corrected chi connectivity index (χ3v) is 6.96. The van der Waals surface area contributed by atoms with Gasteiger partial charge in [0, 0.05) is 23.7 Å². The zero-order valence-corrected chi connectivity index (χ0v) is 16.7. The molecule has 0 saturated carbocycles. The number of esters is 1. The third-order valence-electron chi connectivity index (χ3n) is 4.70. The summed E-state index contributed by atoms with van der Waals surface area (Å²) < 4.78 is 32.6. The maximum absolute atomic E-state index is 12.9. The standard InChI is InChI=1S/C20H22ClNO4S/c1-15-9-10-17(27(24,25)22-11-5-2-6-12-22)13-18(15)20(23)26-14-16-7-3-4-8-19(16)21/h3-4,7-10,13H,2,5-6,11-12,14H2,1H3. The van der Waals surface area contributed by atoms with Crippen LogP contribution in [-0.4, -0.2) is 31.8 Å². The van der Waals surface area contributed by atoms with Gasteiger partial charge in [-0.2, -0.15) is 4.31 Å². The number of benzene rings is 2. The van der Waals surface area contributed by atoms with E-state index in [-0.39, 0.29) is 17.1 Å². The highest BCUT2D eigenvalue weighted by atomic mass is 35.5. The first-order valence-corrected chi connectivity index (χ1v) is 10.7. The zero-order chi connectivity index (χ0) is 19.4. The number of aryl methyl sites for hydroxylation is 1. The molecule has 1 saturated heterocycles. The van der Waals surface area contributed by atoms with E-state index in [0.717, 1.165) is 19.3 Å². The number of carbonyl (C=O) groups is 1. The predicted molar refractivity (Wildman–Crippen MR) is 104 cm³/mol. The summed E-state index contributed by atoms with van der Waals surface area (Å²) in [5.41, 5.74) is 1.61. The molecule has 1 heterocycles. The van der Waals surface area contributed by atoms with E-state index in [1.54, 1.807) is 37.3 Å². The summed E-state index contributed by atoms with van der Waals surface area (Å²) in [5.74, 6) is -0.567. The molecule has 2 aromatic rings. The quantitative estimate of drug-likeness (QED) is 0.697. The van der Waals surface area contributed by atoms with Crippen LogP contribution in [0.2, 0.25) is 5.02 Å². The average molecular weight is 408 g/mol. The van der Waals surface area contributed by atoms with Crippen LogP contribution in [0, 0.1) is 6.92 Å². The first-order valence-electron chi connectivity index (χ1n) is 8.91. The lowest BCUT2D eigenvalue weighted by atomic mass is 10.1. The second kappa shape index (κ2) is 8.42.